The molecule has 7 heteroatoms. The molecule has 6 nitrogen and oxygen atoms in total. The number of piperidine rings is 1. The summed E-state index contributed by atoms with van der Waals surface area (Å²) in [6.07, 6.45) is -2.28. The molecule has 1 aliphatic heterocycles. The van der Waals surface area contributed by atoms with E-state index in [1.807, 2.05) is 0 Å². The van der Waals surface area contributed by atoms with Gasteiger partial charge in [0.05, 0.1) is 12.6 Å². The van der Waals surface area contributed by atoms with E-state index in [4.69, 9.17) is 10.6 Å². The molecule has 1 unspecified atom stereocenters. The number of carbonyl (C=O) groups is 1. The number of halogens is 1. The molecule has 0 bridgehead atoms. The smallest absolute Gasteiger partial charge is 0.407 e. The van der Waals surface area contributed by atoms with Crippen molar-refractivity contribution in [1.82, 2.24) is 4.90 Å². The Kier molecular flexibility index (Phi) is 2.92. The highest BCUT2D eigenvalue weighted by molar-refractivity contribution is 5.65. The Bertz CT molecular complexity index is 253. The van der Waals surface area contributed by atoms with Crippen molar-refractivity contribution in [2.75, 3.05) is 13.1 Å². The number of hydrogen-bond acceptors (Lipinski definition) is 2. The Morgan fingerprint density at radius 1 is 1.77 bits per heavy atom. The van der Waals surface area contributed by atoms with E-state index in [0.717, 1.165) is 4.90 Å². The van der Waals surface area contributed by atoms with Crippen LogP contribution in [0.15, 0.2) is 5.11 Å². The summed E-state index contributed by atoms with van der Waals surface area (Å²) >= 11 is 0. The minimum Gasteiger partial charge on any atom is -0.465 e. The first kappa shape index (κ1) is 9.60. The number of rotatable bonds is 1. The van der Waals surface area contributed by atoms with Crippen molar-refractivity contribution < 1.29 is 14.3 Å². The molecule has 1 heterocycles. The van der Waals surface area contributed by atoms with E-state index in [1.165, 1.54) is 0 Å². The Morgan fingerprint density at radius 3 is 2.92 bits per heavy atom. The summed E-state index contributed by atoms with van der Waals surface area (Å²) < 4.78 is 13.1. The summed E-state index contributed by atoms with van der Waals surface area (Å²) in [5.41, 5.74) is 8.07. The molecule has 0 spiro atoms. The highest BCUT2D eigenvalue weighted by Crippen LogP contribution is 2.17. The number of amides is 1. The first-order valence-corrected chi connectivity index (χ1v) is 3.81. The second-order valence-corrected chi connectivity index (χ2v) is 2.81. The highest BCUT2D eigenvalue weighted by atomic mass is 19.1. The molecular formula is C6H9FN4O2. The van der Waals surface area contributed by atoms with E-state index < -0.39 is 18.3 Å². The molecule has 0 radical (unpaired) electrons. The maximum Gasteiger partial charge on any atom is 0.407 e. The van der Waals surface area contributed by atoms with Gasteiger partial charge in [0.25, 0.3) is 0 Å². The van der Waals surface area contributed by atoms with Gasteiger partial charge in [-0.25, -0.2) is 9.18 Å². The van der Waals surface area contributed by atoms with Crippen molar-refractivity contribution in [3.8, 4) is 0 Å². The second-order valence-electron chi connectivity index (χ2n) is 2.81. The topological polar surface area (TPSA) is 89.3 Å². The number of nitrogens with zero attached hydrogens (tertiary/aromatic N) is 4. The van der Waals surface area contributed by atoms with Crippen LogP contribution in [0.4, 0.5) is 9.18 Å². The van der Waals surface area contributed by atoms with Gasteiger partial charge in [-0.05, 0) is 12.0 Å². The van der Waals surface area contributed by atoms with Crippen LogP contribution in [-0.2, 0) is 0 Å². The molecule has 0 aliphatic carbocycles. The van der Waals surface area contributed by atoms with Crippen molar-refractivity contribution in [2.45, 2.75) is 18.6 Å². The molecular weight excluding hydrogens is 179 g/mol. The Balaban J connectivity index is 2.56. The zero-order chi connectivity index (χ0) is 9.84. The van der Waals surface area contributed by atoms with E-state index in [9.17, 15) is 9.18 Å². The van der Waals surface area contributed by atoms with Gasteiger partial charge >= 0.3 is 6.09 Å². The zero-order valence-electron chi connectivity index (χ0n) is 6.80. The predicted molar refractivity (Wildman–Crippen MR) is 42.0 cm³/mol. The van der Waals surface area contributed by atoms with Crippen LogP contribution in [0.1, 0.15) is 6.42 Å². The molecule has 1 fully saturated rings. The maximum absolute atomic E-state index is 13.1. The Morgan fingerprint density at radius 2 is 2.46 bits per heavy atom. The molecule has 1 N–H and O–H groups in total. The standard InChI is InChI=1S/C6H9FN4O2/c7-4-3-11(6(12)13)2-1-5(4)9-10-8/h4-5H,1-3H2,(H,12,13)/t4-,5?/m0/s1. The fourth-order valence-electron chi connectivity index (χ4n) is 1.26. The van der Waals surface area contributed by atoms with Crippen LogP contribution in [0.3, 0.4) is 0 Å². The molecule has 0 saturated carbocycles. The molecule has 1 saturated heterocycles. The van der Waals surface area contributed by atoms with Crippen molar-refractivity contribution >= 4 is 6.09 Å². The van der Waals surface area contributed by atoms with Crippen LogP contribution in [0.2, 0.25) is 0 Å². The predicted octanol–water partition coefficient (Wildman–Crippen LogP) is 1.39. The van der Waals surface area contributed by atoms with Crippen molar-refractivity contribution in [2.24, 2.45) is 5.11 Å². The molecule has 13 heavy (non-hydrogen) atoms. The largest absolute Gasteiger partial charge is 0.465 e. The summed E-state index contributed by atoms with van der Waals surface area (Å²) in [4.78, 5) is 13.9. The van der Waals surface area contributed by atoms with Crippen LogP contribution >= 0.6 is 0 Å². The van der Waals surface area contributed by atoms with Crippen LogP contribution in [0, 0.1) is 0 Å². The average molecular weight is 188 g/mol. The number of carboxylic acid groups (broad SMARTS) is 1. The zero-order valence-corrected chi connectivity index (χ0v) is 6.80. The van der Waals surface area contributed by atoms with Gasteiger partial charge in [0.1, 0.15) is 6.17 Å². The van der Waals surface area contributed by atoms with Crippen molar-refractivity contribution in [3.05, 3.63) is 10.4 Å². The third-order valence-corrected chi connectivity index (χ3v) is 1.98. The van der Waals surface area contributed by atoms with E-state index in [-0.39, 0.29) is 19.5 Å². The first-order chi connectivity index (χ1) is 6.15. The van der Waals surface area contributed by atoms with Gasteiger partial charge in [-0.2, -0.15) is 0 Å². The van der Waals surface area contributed by atoms with Gasteiger partial charge in [0.2, 0.25) is 0 Å². The monoisotopic (exact) mass is 188 g/mol. The molecule has 0 aromatic rings. The lowest BCUT2D eigenvalue weighted by atomic mass is 10.0. The Labute approximate surface area is 73.6 Å². The fraction of sp³-hybridized carbons (Fsp3) is 0.833. The van der Waals surface area contributed by atoms with Gasteiger partial charge in [-0.15, -0.1) is 0 Å². The first-order valence-electron chi connectivity index (χ1n) is 3.81. The van der Waals surface area contributed by atoms with Gasteiger partial charge in [0, 0.05) is 11.5 Å². The van der Waals surface area contributed by atoms with Crippen LogP contribution in [0.5, 0.6) is 0 Å². The van der Waals surface area contributed by atoms with Gasteiger partial charge in [0.15, 0.2) is 0 Å². The maximum atomic E-state index is 13.1. The summed E-state index contributed by atoms with van der Waals surface area (Å²) in [6.45, 7) is 0.0124. The van der Waals surface area contributed by atoms with Crippen LogP contribution in [0.25, 0.3) is 10.4 Å². The van der Waals surface area contributed by atoms with Gasteiger partial charge < -0.3 is 10.0 Å². The van der Waals surface area contributed by atoms with E-state index in [0.29, 0.717) is 0 Å². The molecule has 0 aromatic carbocycles. The van der Waals surface area contributed by atoms with Crippen molar-refractivity contribution in [1.29, 1.82) is 0 Å². The summed E-state index contributed by atoms with van der Waals surface area (Å²) in [6, 6.07) is -0.722. The number of likely N-dealkylation sites (tertiary alicyclic amines) is 1. The fourth-order valence-corrected chi connectivity index (χ4v) is 1.26. The summed E-state index contributed by atoms with van der Waals surface area (Å²) in [5.74, 6) is 0. The molecule has 2 atom stereocenters. The second kappa shape index (κ2) is 3.95. The van der Waals surface area contributed by atoms with E-state index >= 15 is 0 Å². The number of azide groups is 1. The third-order valence-electron chi connectivity index (χ3n) is 1.98. The van der Waals surface area contributed by atoms with Crippen LogP contribution < -0.4 is 0 Å². The minimum absolute atomic E-state index is 0.209. The lowest BCUT2D eigenvalue weighted by molar-refractivity contribution is 0.0976. The van der Waals surface area contributed by atoms with Crippen molar-refractivity contribution in [3.63, 3.8) is 0 Å². The Hall–Kier alpha value is -1.49. The van der Waals surface area contributed by atoms with E-state index in [1.54, 1.807) is 0 Å². The summed E-state index contributed by atoms with van der Waals surface area (Å²) in [7, 11) is 0. The summed E-state index contributed by atoms with van der Waals surface area (Å²) in [5, 5.41) is 11.8. The normalized spacial score (nSPS) is 27.9. The molecule has 0 aromatic heterocycles. The SMILES string of the molecule is [N-]=[N+]=NC1CCN(C(=O)O)C[C@@H]1F. The highest BCUT2D eigenvalue weighted by Gasteiger charge is 2.30. The number of hydrogen-bond donors (Lipinski definition) is 1. The molecule has 1 rings (SSSR count). The lowest BCUT2D eigenvalue weighted by Gasteiger charge is -2.30. The quantitative estimate of drug-likeness (QED) is 0.382. The average Bonchev–Trinajstić information content (AvgIpc) is 2.08. The van der Waals surface area contributed by atoms with Crippen LogP contribution in [-0.4, -0.2) is 41.4 Å². The number of alkyl halides is 1. The minimum atomic E-state index is -1.39. The molecule has 1 amide bonds. The van der Waals surface area contributed by atoms with Gasteiger partial charge in [-0.1, -0.05) is 5.11 Å². The molecule has 72 valence electrons. The lowest BCUT2D eigenvalue weighted by Crippen LogP contribution is -2.45. The van der Waals surface area contributed by atoms with E-state index in [2.05, 4.69) is 10.0 Å². The van der Waals surface area contributed by atoms with Gasteiger partial charge in [-0.3, -0.25) is 0 Å². The molecule has 1 aliphatic rings. The third kappa shape index (κ3) is 2.22.